The first-order valence-electron chi connectivity index (χ1n) is 10.3. The lowest BCUT2D eigenvalue weighted by Gasteiger charge is -2.35. The molecule has 158 valence electrons. The Morgan fingerprint density at radius 1 is 0.967 bits per heavy atom. The zero-order valence-corrected chi connectivity index (χ0v) is 17.2. The number of hydrogen-bond acceptors (Lipinski definition) is 7. The maximum atomic E-state index is 11.8. The highest BCUT2D eigenvalue weighted by Gasteiger charge is 2.21. The fourth-order valence-corrected chi connectivity index (χ4v) is 3.94. The molecular weight excluding hydrogens is 382 g/mol. The second kappa shape index (κ2) is 8.56. The van der Waals surface area contributed by atoms with Gasteiger partial charge in [0.15, 0.2) is 0 Å². The topological polar surface area (TPSA) is 108 Å². The number of nitrogens with two attached hydrogens (primary N) is 1. The van der Waals surface area contributed by atoms with Gasteiger partial charge < -0.3 is 25.8 Å². The van der Waals surface area contributed by atoms with Crippen molar-refractivity contribution in [2.75, 3.05) is 54.4 Å². The van der Waals surface area contributed by atoms with Gasteiger partial charge in [-0.15, -0.1) is 0 Å². The number of amides is 2. The van der Waals surface area contributed by atoms with Crippen molar-refractivity contribution in [3.8, 4) is 0 Å². The molecule has 3 heterocycles. The number of anilines is 4. The highest BCUT2D eigenvalue weighted by Crippen LogP contribution is 2.25. The highest BCUT2D eigenvalue weighted by atomic mass is 16.2. The zero-order chi connectivity index (χ0) is 21.1. The molecule has 2 aliphatic heterocycles. The smallest absolute Gasteiger partial charge is 0.254 e. The standard InChI is InChI=1S/C21H27N7O2/c1-15(29)26-10-12-27(13-11-26)17-6-4-16(5-7-17)24-21-23-14-18(19(22)30)20(25-21)28-8-2-3-9-28/h4-7,14H,2-3,8-13H2,1H3,(H2,22,30)(H,23,24,25). The van der Waals surface area contributed by atoms with Crippen LogP contribution in [0.15, 0.2) is 30.5 Å². The van der Waals surface area contributed by atoms with Crippen molar-refractivity contribution in [1.29, 1.82) is 0 Å². The minimum atomic E-state index is -0.516. The number of benzene rings is 1. The largest absolute Gasteiger partial charge is 0.368 e. The summed E-state index contributed by atoms with van der Waals surface area (Å²) < 4.78 is 0. The average molecular weight is 409 g/mol. The van der Waals surface area contributed by atoms with Gasteiger partial charge >= 0.3 is 0 Å². The lowest BCUT2D eigenvalue weighted by Crippen LogP contribution is -2.48. The van der Waals surface area contributed by atoms with Gasteiger partial charge in [0.05, 0.1) is 0 Å². The number of hydrogen-bond donors (Lipinski definition) is 2. The molecule has 3 N–H and O–H groups in total. The number of carbonyl (C=O) groups is 2. The number of primary amides is 1. The molecular formula is C21H27N7O2. The Balaban J connectivity index is 1.45. The van der Waals surface area contributed by atoms with E-state index in [0.29, 0.717) is 17.3 Å². The highest BCUT2D eigenvalue weighted by molar-refractivity contribution is 5.97. The molecule has 0 spiro atoms. The minimum absolute atomic E-state index is 0.129. The Morgan fingerprint density at radius 2 is 1.63 bits per heavy atom. The molecule has 9 nitrogen and oxygen atoms in total. The molecule has 2 aliphatic rings. The first-order chi connectivity index (χ1) is 14.5. The maximum Gasteiger partial charge on any atom is 0.254 e. The predicted octanol–water partition coefficient (Wildman–Crippen LogP) is 1.59. The van der Waals surface area contributed by atoms with Crippen LogP contribution in [0.25, 0.3) is 0 Å². The molecule has 0 saturated carbocycles. The van der Waals surface area contributed by atoms with Crippen LogP contribution >= 0.6 is 0 Å². The summed E-state index contributed by atoms with van der Waals surface area (Å²) in [5.41, 5.74) is 7.83. The summed E-state index contributed by atoms with van der Waals surface area (Å²) in [5.74, 6) is 0.643. The molecule has 4 rings (SSSR count). The van der Waals surface area contributed by atoms with Crippen LogP contribution in [0, 0.1) is 0 Å². The molecule has 2 amide bonds. The van der Waals surface area contributed by atoms with Crippen molar-refractivity contribution in [2.45, 2.75) is 19.8 Å². The molecule has 2 fully saturated rings. The van der Waals surface area contributed by atoms with Gasteiger partial charge in [-0.25, -0.2) is 4.98 Å². The summed E-state index contributed by atoms with van der Waals surface area (Å²) in [4.78, 5) is 38.3. The molecule has 0 aliphatic carbocycles. The molecule has 0 atom stereocenters. The molecule has 30 heavy (non-hydrogen) atoms. The zero-order valence-electron chi connectivity index (χ0n) is 17.2. The van der Waals surface area contributed by atoms with Crippen LogP contribution in [0.5, 0.6) is 0 Å². The number of nitrogens with zero attached hydrogens (tertiary/aromatic N) is 5. The third-order valence-electron chi connectivity index (χ3n) is 5.65. The molecule has 9 heteroatoms. The van der Waals surface area contributed by atoms with Crippen LogP contribution in [0.4, 0.5) is 23.1 Å². The van der Waals surface area contributed by atoms with E-state index < -0.39 is 5.91 Å². The Kier molecular flexibility index (Phi) is 5.69. The number of aromatic nitrogens is 2. The summed E-state index contributed by atoms with van der Waals surface area (Å²) >= 11 is 0. The Bertz CT molecular complexity index is 917. The molecule has 0 unspecified atom stereocenters. The van der Waals surface area contributed by atoms with Crippen molar-refractivity contribution in [1.82, 2.24) is 14.9 Å². The van der Waals surface area contributed by atoms with Gasteiger partial charge in [-0.2, -0.15) is 4.98 Å². The molecule has 1 aromatic heterocycles. The fourth-order valence-electron chi connectivity index (χ4n) is 3.94. The van der Waals surface area contributed by atoms with Crippen LogP contribution in [0.1, 0.15) is 30.1 Å². The van der Waals surface area contributed by atoms with Gasteiger partial charge in [-0.3, -0.25) is 9.59 Å². The summed E-state index contributed by atoms with van der Waals surface area (Å²) in [5, 5.41) is 3.21. The van der Waals surface area contributed by atoms with E-state index in [0.717, 1.165) is 63.5 Å². The third-order valence-corrected chi connectivity index (χ3v) is 5.65. The molecule has 2 saturated heterocycles. The van der Waals surface area contributed by atoms with Crippen molar-refractivity contribution in [2.24, 2.45) is 5.73 Å². The van der Waals surface area contributed by atoms with E-state index in [9.17, 15) is 9.59 Å². The number of rotatable bonds is 5. The molecule has 1 aromatic carbocycles. The van der Waals surface area contributed by atoms with Crippen LogP contribution in [0.3, 0.4) is 0 Å². The number of piperazine rings is 1. The van der Waals surface area contributed by atoms with Crippen molar-refractivity contribution in [3.63, 3.8) is 0 Å². The average Bonchev–Trinajstić information content (AvgIpc) is 3.29. The molecule has 2 aromatic rings. The van der Waals surface area contributed by atoms with E-state index in [1.54, 1.807) is 6.92 Å². The molecule has 0 radical (unpaired) electrons. The number of nitrogens with one attached hydrogen (secondary N) is 1. The Labute approximate surface area is 175 Å². The minimum Gasteiger partial charge on any atom is -0.368 e. The van der Waals surface area contributed by atoms with Gasteiger partial charge in [-0.05, 0) is 37.1 Å². The van der Waals surface area contributed by atoms with E-state index in [4.69, 9.17) is 5.73 Å². The SMILES string of the molecule is CC(=O)N1CCN(c2ccc(Nc3ncc(C(N)=O)c(N4CCCC4)n3)cc2)CC1. The predicted molar refractivity (Wildman–Crippen MR) is 116 cm³/mol. The van der Waals surface area contributed by atoms with E-state index in [2.05, 4.69) is 25.1 Å². The van der Waals surface area contributed by atoms with Crippen LogP contribution < -0.4 is 20.9 Å². The fraction of sp³-hybridized carbons (Fsp3) is 0.429. The first kappa shape index (κ1) is 19.9. The monoisotopic (exact) mass is 409 g/mol. The summed E-state index contributed by atoms with van der Waals surface area (Å²) in [7, 11) is 0. The van der Waals surface area contributed by atoms with Gasteiger partial charge in [-0.1, -0.05) is 0 Å². The Morgan fingerprint density at radius 3 is 2.23 bits per heavy atom. The summed E-state index contributed by atoms with van der Waals surface area (Å²) in [6.45, 7) is 6.48. The van der Waals surface area contributed by atoms with Gasteiger partial charge in [0.1, 0.15) is 11.4 Å². The second-order valence-corrected chi connectivity index (χ2v) is 7.65. The van der Waals surface area contributed by atoms with Crippen LogP contribution in [-0.4, -0.2) is 66.0 Å². The van der Waals surface area contributed by atoms with Gasteiger partial charge in [0.2, 0.25) is 11.9 Å². The van der Waals surface area contributed by atoms with Crippen molar-refractivity contribution >= 4 is 35.0 Å². The van der Waals surface area contributed by atoms with Crippen LogP contribution in [-0.2, 0) is 4.79 Å². The van der Waals surface area contributed by atoms with Crippen molar-refractivity contribution < 1.29 is 9.59 Å². The van der Waals surface area contributed by atoms with E-state index in [-0.39, 0.29) is 5.91 Å². The number of carbonyl (C=O) groups excluding carboxylic acids is 2. The summed E-state index contributed by atoms with van der Waals surface area (Å²) in [6.07, 6.45) is 3.65. The third kappa shape index (κ3) is 4.29. The van der Waals surface area contributed by atoms with Crippen molar-refractivity contribution in [3.05, 3.63) is 36.0 Å². The quantitative estimate of drug-likeness (QED) is 0.772. The molecule has 0 bridgehead atoms. The Hall–Kier alpha value is -3.36. The first-order valence-corrected chi connectivity index (χ1v) is 10.3. The lowest BCUT2D eigenvalue weighted by atomic mass is 10.2. The van der Waals surface area contributed by atoms with E-state index in [1.807, 2.05) is 29.2 Å². The summed E-state index contributed by atoms with van der Waals surface area (Å²) in [6, 6.07) is 8.05. The van der Waals surface area contributed by atoms with E-state index >= 15 is 0 Å². The maximum absolute atomic E-state index is 11.8. The second-order valence-electron chi connectivity index (χ2n) is 7.65. The van der Waals surface area contributed by atoms with Gasteiger partial charge in [0, 0.05) is 63.8 Å². The van der Waals surface area contributed by atoms with Gasteiger partial charge in [0.25, 0.3) is 5.91 Å². The normalized spacial score (nSPS) is 16.6. The van der Waals surface area contributed by atoms with Crippen LogP contribution in [0.2, 0.25) is 0 Å². The van der Waals surface area contributed by atoms with E-state index in [1.165, 1.54) is 6.20 Å². The lowest BCUT2D eigenvalue weighted by molar-refractivity contribution is -0.129.